The smallest absolute Gasteiger partial charge is 0.262 e. The standard InChI is InChI=1S/C20H21N3O3S2/c1-11(17(24)21-13-8-4-5-9-14(13)26-3)27-20-22-18-16(19(25)23(20)2)12-7-6-10-15(12)28-18/h4-5,8-9,11H,6-7,10H2,1-3H3,(H,21,24)/t11-/m0/s1. The van der Waals surface area contributed by atoms with Gasteiger partial charge < -0.3 is 10.1 Å². The molecule has 0 unspecified atom stereocenters. The third-order valence-electron chi connectivity index (χ3n) is 4.92. The van der Waals surface area contributed by atoms with Gasteiger partial charge in [-0.25, -0.2) is 4.98 Å². The maximum Gasteiger partial charge on any atom is 0.262 e. The second kappa shape index (κ2) is 7.60. The molecule has 1 aliphatic rings. The summed E-state index contributed by atoms with van der Waals surface area (Å²) >= 11 is 2.90. The Hall–Kier alpha value is -2.32. The molecule has 2 heterocycles. The maximum atomic E-state index is 12.9. The molecule has 3 aromatic rings. The van der Waals surface area contributed by atoms with Crippen molar-refractivity contribution in [2.75, 3.05) is 12.4 Å². The first kappa shape index (κ1) is 19.0. The number of para-hydroxylation sites is 2. The van der Waals surface area contributed by atoms with Crippen LogP contribution in [0.1, 0.15) is 23.8 Å². The van der Waals surface area contributed by atoms with Crippen LogP contribution in [0.4, 0.5) is 5.69 Å². The molecule has 0 bridgehead atoms. The number of nitrogens with zero attached hydrogens (tertiary/aromatic N) is 2. The number of benzene rings is 1. The zero-order valence-corrected chi connectivity index (χ0v) is 17.6. The number of carbonyl (C=O) groups is 1. The van der Waals surface area contributed by atoms with Crippen molar-refractivity contribution in [1.29, 1.82) is 0 Å². The third kappa shape index (κ3) is 3.31. The number of rotatable bonds is 5. The van der Waals surface area contributed by atoms with Gasteiger partial charge in [0.05, 0.1) is 23.4 Å². The lowest BCUT2D eigenvalue weighted by Crippen LogP contribution is -2.25. The lowest BCUT2D eigenvalue weighted by atomic mass is 10.2. The number of ether oxygens (including phenoxy) is 1. The Morgan fingerprint density at radius 2 is 2.14 bits per heavy atom. The monoisotopic (exact) mass is 415 g/mol. The zero-order valence-electron chi connectivity index (χ0n) is 15.9. The molecule has 146 valence electrons. The third-order valence-corrected chi connectivity index (χ3v) is 7.25. The van der Waals surface area contributed by atoms with Crippen LogP contribution in [0, 0.1) is 0 Å². The van der Waals surface area contributed by atoms with E-state index in [0.717, 1.165) is 29.5 Å². The molecule has 0 aliphatic heterocycles. The van der Waals surface area contributed by atoms with E-state index in [2.05, 4.69) is 5.32 Å². The summed E-state index contributed by atoms with van der Waals surface area (Å²) in [5.41, 5.74) is 1.77. The molecule has 0 fully saturated rings. The Bertz CT molecular complexity index is 1120. The first-order chi connectivity index (χ1) is 13.5. The van der Waals surface area contributed by atoms with Crippen LogP contribution in [-0.2, 0) is 24.7 Å². The molecule has 2 aromatic heterocycles. The number of fused-ring (bicyclic) bond motifs is 3. The van der Waals surface area contributed by atoms with Crippen LogP contribution in [0.3, 0.4) is 0 Å². The Labute approximate surface area is 170 Å². The van der Waals surface area contributed by atoms with Crippen LogP contribution < -0.4 is 15.6 Å². The van der Waals surface area contributed by atoms with Crippen LogP contribution >= 0.6 is 23.1 Å². The second-order valence-electron chi connectivity index (χ2n) is 6.75. The van der Waals surface area contributed by atoms with E-state index in [0.29, 0.717) is 16.6 Å². The van der Waals surface area contributed by atoms with Crippen molar-refractivity contribution in [2.24, 2.45) is 7.05 Å². The highest BCUT2D eigenvalue weighted by atomic mass is 32.2. The molecule has 0 spiro atoms. The molecule has 1 atom stereocenters. The van der Waals surface area contributed by atoms with E-state index in [1.54, 1.807) is 49.1 Å². The topological polar surface area (TPSA) is 73.2 Å². The van der Waals surface area contributed by atoms with Crippen molar-refractivity contribution in [2.45, 2.75) is 36.6 Å². The fourth-order valence-corrected chi connectivity index (χ4v) is 5.58. The molecule has 0 saturated heterocycles. The van der Waals surface area contributed by atoms with E-state index < -0.39 is 5.25 Å². The summed E-state index contributed by atoms with van der Waals surface area (Å²) in [5, 5.41) is 3.78. The summed E-state index contributed by atoms with van der Waals surface area (Å²) < 4.78 is 6.84. The highest BCUT2D eigenvalue weighted by molar-refractivity contribution is 8.00. The van der Waals surface area contributed by atoms with Crippen LogP contribution in [0.15, 0.2) is 34.2 Å². The number of aryl methyl sites for hydroxylation is 2. The van der Waals surface area contributed by atoms with Crippen molar-refractivity contribution in [3.05, 3.63) is 45.1 Å². The quantitative estimate of drug-likeness (QED) is 0.509. The molecule has 1 aromatic carbocycles. The molecule has 4 rings (SSSR count). The number of nitrogens with one attached hydrogen (secondary N) is 1. The van der Waals surface area contributed by atoms with Crippen molar-refractivity contribution in [1.82, 2.24) is 9.55 Å². The van der Waals surface area contributed by atoms with Gasteiger partial charge in [0.1, 0.15) is 10.6 Å². The van der Waals surface area contributed by atoms with Gasteiger partial charge in [-0.1, -0.05) is 23.9 Å². The van der Waals surface area contributed by atoms with E-state index in [1.165, 1.54) is 22.2 Å². The fraction of sp³-hybridized carbons (Fsp3) is 0.350. The highest BCUT2D eigenvalue weighted by Gasteiger charge is 2.24. The van der Waals surface area contributed by atoms with E-state index in [-0.39, 0.29) is 11.5 Å². The molecule has 6 nitrogen and oxygen atoms in total. The summed E-state index contributed by atoms with van der Waals surface area (Å²) in [6.45, 7) is 1.81. The molecule has 0 saturated carbocycles. The van der Waals surface area contributed by atoms with Crippen LogP contribution in [0.2, 0.25) is 0 Å². The van der Waals surface area contributed by atoms with Crippen molar-refractivity contribution < 1.29 is 9.53 Å². The first-order valence-corrected chi connectivity index (χ1v) is 10.8. The van der Waals surface area contributed by atoms with Crippen LogP contribution in [0.25, 0.3) is 10.2 Å². The predicted molar refractivity (Wildman–Crippen MR) is 114 cm³/mol. The molecule has 1 aliphatic carbocycles. The average molecular weight is 416 g/mol. The number of anilines is 1. The van der Waals surface area contributed by atoms with E-state index in [1.807, 2.05) is 12.1 Å². The molecular formula is C20H21N3O3S2. The summed E-state index contributed by atoms with van der Waals surface area (Å²) in [7, 11) is 3.29. The second-order valence-corrected chi connectivity index (χ2v) is 9.14. The molecule has 1 amide bonds. The number of amides is 1. The van der Waals surface area contributed by atoms with E-state index in [4.69, 9.17) is 9.72 Å². The van der Waals surface area contributed by atoms with Crippen LogP contribution in [-0.4, -0.2) is 27.8 Å². The van der Waals surface area contributed by atoms with Gasteiger partial charge >= 0.3 is 0 Å². The summed E-state index contributed by atoms with van der Waals surface area (Å²) in [5.74, 6) is 0.436. The van der Waals surface area contributed by atoms with Crippen LogP contribution in [0.5, 0.6) is 5.75 Å². The molecule has 28 heavy (non-hydrogen) atoms. The summed E-state index contributed by atoms with van der Waals surface area (Å²) in [6, 6.07) is 7.27. The molecular weight excluding hydrogens is 394 g/mol. The largest absolute Gasteiger partial charge is 0.495 e. The zero-order chi connectivity index (χ0) is 19.8. The first-order valence-electron chi connectivity index (χ1n) is 9.11. The van der Waals surface area contributed by atoms with Gasteiger partial charge in [0.15, 0.2) is 5.16 Å². The fourth-order valence-electron chi connectivity index (χ4n) is 3.40. The summed E-state index contributed by atoms with van der Waals surface area (Å²) in [4.78, 5) is 32.3. The lowest BCUT2D eigenvalue weighted by Gasteiger charge is -2.15. The van der Waals surface area contributed by atoms with Gasteiger partial charge in [0.2, 0.25) is 5.91 Å². The number of thiophene rings is 1. The van der Waals surface area contributed by atoms with Crippen molar-refractivity contribution in [3.63, 3.8) is 0 Å². The summed E-state index contributed by atoms with van der Waals surface area (Å²) in [6.07, 6.45) is 3.09. The Morgan fingerprint density at radius 3 is 2.93 bits per heavy atom. The number of carbonyl (C=O) groups excluding carboxylic acids is 1. The molecule has 8 heteroatoms. The minimum absolute atomic E-state index is 0.0239. The number of methoxy groups -OCH3 is 1. The average Bonchev–Trinajstić information content (AvgIpc) is 3.27. The predicted octanol–water partition coefficient (Wildman–Crippen LogP) is 3.61. The molecule has 0 radical (unpaired) electrons. The Morgan fingerprint density at radius 1 is 1.36 bits per heavy atom. The van der Waals surface area contributed by atoms with E-state index >= 15 is 0 Å². The lowest BCUT2D eigenvalue weighted by molar-refractivity contribution is -0.115. The van der Waals surface area contributed by atoms with Gasteiger partial charge in [-0.15, -0.1) is 11.3 Å². The number of thioether (sulfide) groups is 1. The normalized spacial score (nSPS) is 14.1. The number of hydrogen-bond donors (Lipinski definition) is 1. The SMILES string of the molecule is COc1ccccc1NC(=O)[C@H](C)Sc1nc2sc3c(c2c(=O)n1C)CCC3. The minimum Gasteiger partial charge on any atom is -0.495 e. The van der Waals surface area contributed by atoms with Gasteiger partial charge in [0, 0.05) is 11.9 Å². The van der Waals surface area contributed by atoms with Crippen molar-refractivity contribution >= 4 is 44.9 Å². The van der Waals surface area contributed by atoms with Gasteiger partial charge in [-0.2, -0.15) is 0 Å². The minimum atomic E-state index is -0.424. The van der Waals surface area contributed by atoms with Gasteiger partial charge in [0.25, 0.3) is 5.56 Å². The van der Waals surface area contributed by atoms with E-state index in [9.17, 15) is 9.59 Å². The van der Waals surface area contributed by atoms with Gasteiger partial charge in [-0.05, 0) is 43.9 Å². The number of hydrogen-bond acceptors (Lipinski definition) is 6. The number of aromatic nitrogens is 2. The molecule has 1 N–H and O–H groups in total. The van der Waals surface area contributed by atoms with Gasteiger partial charge in [-0.3, -0.25) is 14.2 Å². The van der Waals surface area contributed by atoms with Crippen molar-refractivity contribution in [3.8, 4) is 5.75 Å². The Kier molecular flexibility index (Phi) is 5.16. The highest BCUT2D eigenvalue weighted by Crippen LogP contribution is 2.36. The maximum absolute atomic E-state index is 12.9. The Balaban J connectivity index is 1.58.